The molecule has 3 aliphatic rings. The largest absolute Gasteiger partial charge is 0.0651 e. The Morgan fingerprint density at radius 2 is 1.08 bits per heavy atom. The highest BCUT2D eigenvalue weighted by Gasteiger charge is 2.33. The van der Waals surface area contributed by atoms with E-state index in [1.807, 2.05) is 0 Å². The number of hydrogen-bond donors (Lipinski definition) is 0. The second-order valence-corrected chi connectivity index (χ2v) is 10.1. The van der Waals surface area contributed by atoms with E-state index < -0.39 is 0 Å². The molecule has 0 radical (unpaired) electrons. The number of rotatable bonds is 4. The zero-order valence-electron chi connectivity index (χ0n) is 17.3. The van der Waals surface area contributed by atoms with E-state index in [0.29, 0.717) is 0 Å². The first-order chi connectivity index (χ1) is 12.4. The Kier molecular flexibility index (Phi) is 8.68. The Hall–Kier alpha value is 0. The summed E-state index contributed by atoms with van der Waals surface area (Å²) in [4.78, 5) is 0. The van der Waals surface area contributed by atoms with Crippen LogP contribution in [0.4, 0.5) is 0 Å². The molecule has 0 aromatic carbocycles. The van der Waals surface area contributed by atoms with Crippen molar-refractivity contribution in [3.8, 4) is 0 Å². The van der Waals surface area contributed by atoms with Crippen LogP contribution in [-0.4, -0.2) is 0 Å². The lowest BCUT2D eigenvalue weighted by Crippen LogP contribution is -2.29. The second kappa shape index (κ2) is 11.0. The molecule has 2 atom stereocenters. The van der Waals surface area contributed by atoms with E-state index in [1.54, 1.807) is 64.2 Å². The Morgan fingerprint density at radius 1 is 0.520 bits per heavy atom. The fourth-order valence-corrected chi connectivity index (χ4v) is 6.73. The van der Waals surface area contributed by atoms with Gasteiger partial charge in [-0.1, -0.05) is 103 Å². The third-order valence-corrected chi connectivity index (χ3v) is 8.40. The van der Waals surface area contributed by atoms with Crippen molar-refractivity contribution >= 4 is 0 Å². The highest BCUT2D eigenvalue weighted by molar-refractivity contribution is 4.84. The molecule has 0 bridgehead atoms. The Morgan fingerprint density at radius 3 is 1.76 bits per heavy atom. The van der Waals surface area contributed by atoms with Gasteiger partial charge in [-0.05, 0) is 55.3 Å². The van der Waals surface area contributed by atoms with Crippen LogP contribution < -0.4 is 0 Å². The van der Waals surface area contributed by atoms with E-state index in [0.717, 1.165) is 29.6 Å². The van der Waals surface area contributed by atoms with E-state index in [-0.39, 0.29) is 0 Å². The van der Waals surface area contributed by atoms with Crippen molar-refractivity contribution < 1.29 is 0 Å². The first kappa shape index (κ1) is 19.8. The molecule has 2 unspecified atom stereocenters. The maximum atomic E-state index is 2.42. The highest BCUT2D eigenvalue weighted by Crippen LogP contribution is 2.44. The fourth-order valence-electron chi connectivity index (χ4n) is 6.73. The fraction of sp³-hybridized carbons (Fsp3) is 1.00. The topological polar surface area (TPSA) is 0 Å². The van der Waals surface area contributed by atoms with Crippen LogP contribution in [0, 0.1) is 29.6 Å². The Bertz CT molecular complexity index is 332. The van der Waals surface area contributed by atoms with Crippen molar-refractivity contribution in [3.05, 3.63) is 0 Å². The summed E-state index contributed by atoms with van der Waals surface area (Å²) in [5.41, 5.74) is 0. The van der Waals surface area contributed by atoms with Gasteiger partial charge in [-0.25, -0.2) is 0 Å². The molecule has 0 nitrogen and oxygen atoms in total. The van der Waals surface area contributed by atoms with E-state index in [9.17, 15) is 0 Å². The predicted molar refractivity (Wildman–Crippen MR) is 111 cm³/mol. The van der Waals surface area contributed by atoms with Crippen molar-refractivity contribution in [1.29, 1.82) is 0 Å². The van der Waals surface area contributed by atoms with Crippen LogP contribution in [0.25, 0.3) is 0 Å². The van der Waals surface area contributed by atoms with Gasteiger partial charge >= 0.3 is 0 Å². The van der Waals surface area contributed by atoms with Crippen LogP contribution in [0.3, 0.4) is 0 Å². The number of hydrogen-bond acceptors (Lipinski definition) is 0. The summed E-state index contributed by atoms with van der Waals surface area (Å²) < 4.78 is 0. The minimum Gasteiger partial charge on any atom is -0.0651 e. The predicted octanol–water partition coefficient (Wildman–Crippen LogP) is 8.54. The molecule has 3 fully saturated rings. The molecule has 0 heterocycles. The van der Waals surface area contributed by atoms with Gasteiger partial charge in [0.05, 0.1) is 0 Å². The van der Waals surface area contributed by atoms with Crippen LogP contribution in [0.15, 0.2) is 0 Å². The Balaban J connectivity index is 1.62. The normalized spacial score (nSPS) is 36.8. The van der Waals surface area contributed by atoms with Gasteiger partial charge in [0.15, 0.2) is 0 Å². The van der Waals surface area contributed by atoms with Crippen molar-refractivity contribution in [1.82, 2.24) is 0 Å². The van der Waals surface area contributed by atoms with Crippen molar-refractivity contribution in [2.24, 2.45) is 29.6 Å². The zero-order valence-corrected chi connectivity index (χ0v) is 17.3. The molecule has 0 amide bonds. The standard InChI is InChI=1S/C25H46/c1-2-21-16-18-23(19-17-21)25-15-11-6-4-3-5-10-14-24(25)20-22-12-8-7-9-13-22/h21-25H,2-20H2,1H3. The molecule has 3 rings (SSSR count). The van der Waals surface area contributed by atoms with E-state index >= 15 is 0 Å². The summed E-state index contributed by atoms with van der Waals surface area (Å²) in [6.45, 7) is 2.42. The maximum absolute atomic E-state index is 2.42. The second-order valence-electron chi connectivity index (χ2n) is 10.1. The van der Waals surface area contributed by atoms with E-state index in [1.165, 1.54) is 57.8 Å². The van der Waals surface area contributed by atoms with Crippen LogP contribution in [-0.2, 0) is 0 Å². The summed E-state index contributed by atoms with van der Waals surface area (Å²) in [5, 5.41) is 0. The lowest BCUT2D eigenvalue weighted by atomic mass is 9.65. The molecule has 146 valence electrons. The van der Waals surface area contributed by atoms with Gasteiger partial charge in [-0.15, -0.1) is 0 Å². The van der Waals surface area contributed by atoms with Gasteiger partial charge < -0.3 is 0 Å². The SMILES string of the molecule is CCC1CCC(C2CCCCCCCCC2CC2CCCCC2)CC1. The molecule has 0 aromatic rings. The maximum Gasteiger partial charge on any atom is -0.0357 e. The summed E-state index contributed by atoms with van der Waals surface area (Å²) in [5.74, 6) is 5.43. The van der Waals surface area contributed by atoms with Crippen LogP contribution >= 0.6 is 0 Å². The smallest absolute Gasteiger partial charge is 0.0357 e. The van der Waals surface area contributed by atoms with Crippen molar-refractivity contribution in [3.63, 3.8) is 0 Å². The Labute approximate surface area is 158 Å². The molecule has 3 saturated carbocycles. The van der Waals surface area contributed by atoms with Crippen molar-refractivity contribution in [2.75, 3.05) is 0 Å². The molecule has 0 saturated heterocycles. The quantitative estimate of drug-likeness (QED) is 0.478. The minimum atomic E-state index is 1.06. The molecule has 0 spiro atoms. The summed E-state index contributed by atoms with van der Waals surface area (Å²) in [6.07, 6.45) is 29.3. The van der Waals surface area contributed by atoms with Gasteiger partial charge in [0.1, 0.15) is 0 Å². The summed E-state index contributed by atoms with van der Waals surface area (Å²) >= 11 is 0. The lowest BCUT2D eigenvalue weighted by Gasteiger charge is -2.40. The molecular weight excluding hydrogens is 300 g/mol. The zero-order chi connectivity index (χ0) is 17.3. The summed E-state index contributed by atoms with van der Waals surface area (Å²) in [6, 6.07) is 0. The van der Waals surface area contributed by atoms with Crippen LogP contribution in [0.2, 0.25) is 0 Å². The molecule has 0 heteroatoms. The minimum absolute atomic E-state index is 1.06. The molecule has 25 heavy (non-hydrogen) atoms. The first-order valence-electron chi connectivity index (χ1n) is 12.4. The monoisotopic (exact) mass is 346 g/mol. The average molecular weight is 347 g/mol. The molecule has 0 N–H and O–H groups in total. The van der Waals surface area contributed by atoms with Crippen molar-refractivity contribution in [2.45, 2.75) is 129 Å². The average Bonchev–Trinajstić information content (AvgIpc) is 2.67. The highest BCUT2D eigenvalue weighted by atomic mass is 14.4. The lowest BCUT2D eigenvalue weighted by molar-refractivity contribution is 0.107. The van der Waals surface area contributed by atoms with Gasteiger partial charge in [0.25, 0.3) is 0 Å². The van der Waals surface area contributed by atoms with Gasteiger partial charge in [0.2, 0.25) is 0 Å². The third kappa shape index (κ3) is 6.28. The summed E-state index contributed by atoms with van der Waals surface area (Å²) in [7, 11) is 0. The first-order valence-corrected chi connectivity index (χ1v) is 12.4. The molecular formula is C25H46. The van der Waals surface area contributed by atoms with Gasteiger partial charge in [0, 0.05) is 0 Å². The van der Waals surface area contributed by atoms with E-state index in [2.05, 4.69) is 6.92 Å². The third-order valence-electron chi connectivity index (χ3n) is 8.40. The van der Waals surface area contributed by atoms with E-state index in [4.69, 9.17) is 0 Å². The van der Waals surface area contributed by atoms with Gasteiger partial charge in [-0.3, -0.25) is 0 Å². The van der Waals surface area contributed by atoms with Crippen LogP contribution in [0.1, 0.15) is 129 Å². The molecule has 0 aliphatic heterocycles. The molecule has 0 aromatic heterocycles. The van der Waals surface area contributed by atoms with Gasteiger partial charge in [-0.2, -0.15) is 0 Å². The molecule has 3 aliphatic carbocycles. The van der Waals surface area contributed by atoms with Crippen LogP contribution in [0.5, 0.6) is 0 Å².